The van der Waals surface area contributed by atoms with Crippen LogP contribution in [0.4, 0.5) is 18.9 Å². The summed E-state index contributed by atoms with van der Waals surface area (Å²) in [6, 6.07) is 2.40. The Morgan fingerprint density at radius 2 is 1.80 bits per heavy atom. The first-order valence-corrected chi connectivity index (χ1v) is 8.05. The summed E-state index contributed by atoms with van der Waals surface area (Å²) < 4.78 is 41.1. The Bertz CT molecular complexity index is 616. The van der Waals surface area contributed by atoms with E-state index in [0.717, 1.165) is 0 Å². The molecule has 2 N–H and O–H groups in total. The van der Waals surface area contributed by atoms with Crippen molar-refractivity contribution in [3.05, 3.63) is 22.2 Å². The van der Waals surface area contributed by atoms with Gasteiger partial charge >= 0.3 is 6.18 Å². The highest BCUT2D eigenvalue weighted by molar-refractivity contribution is 6.37. The molecule has 1 rings (SSSR count). The average molecular weight is 401 g/mol. The molecule has 0 aliphatic carbocycles. The number of anilines is 1. The molecule has 10 heteroatoms. The minimum absolute atomic E-state index is 0.164. The summed E-state index contributed by atoms with van der Waals surface area (Å²) in [5.74, 6) is -1.34. The van der Waals surface area contributed by atoms with Crippen LogP contribution in [-0.2, 0) is 9.59 Å². The van der Waals surface area contributed by atoms with Gasteiger partial charge in [0.25, 0.3) is 0 Å². The topological polar surface area (TPSA) is 67.4 Å². The fraction of sp³-hybridized carbons (Fsp3) is 0.467. The fourth-order valence-corrected chi connectivity index (χ4v) is 2.25. The molecule has 0 saturated heterocycles. The molecule has 0 aliphatic rings. The monoisotopic (exact) mass is 400 g/mol. The lowest BCUT2D eigenvalue weighted by Crippen LogP contribution is -2.35. The maximum absolute atomic E-state index is 12.2. The Labute approximate surface area is 152 Å². The van der Waals surface area contributed by atoms with E-state index in [9.17, 15) is 22.8 Å². The molecule has 0 unspecified atom stereocenters. The molecule has 140 valence electrons. The van der Waals surface area contributed by atoms with Gasteiger partial charge < -0.3 is 15.4 Å². The maximum atomic E-state index is 12.2. The molecule has 0 heterocycles. The average Bonchev–Trinajstić information content (AvgIpc) is 2.49. The molecular formula is C15H17Cl2F3N2O3. The summed E-state index contributed by atoms with van der Waals surface area (Å²) >= 11 is 11.7. The molecule has 0 aromatic heterocycles. The predicted octanol–water partition coefficient (Wildman–Crippen LogP) is 4.04. The Balaban J connectivity index is 2.68. The van der Waals surface area contributed by atoms with Crippen LogP contribution in [0.25, 0.3) is 0 Å². The van der Waals surface area contributed by atoms with Crippen molar-refractivity contribution in [3.63, 3.8) is 0 Å². The number of benzene rings is 1. The van der Waals surface area contributed by atoms with E-state index >= 15 is 0 Å². The number of nitrogens with one attached hydrogen (secondary N) is 2. The molecular weight excluding hydrogens is 384 g/mol. The van der Waals surface area contributed by atoms with Crippen molar-refractivity contribution in [3.8, 4) is 5.75 Å². The summed E-state index contributed by atoms with van der Waals surface area (Å²) in [6.07, 6.45) is -3.90. The van der Waals surface area contributed by atoms with Crippen LogP contribution < -0.4 is 15.4 Å². The van der Waals surface area contributed by atoms with Crippen molar-refractivity contribution in [1.82, 2.24) is 5.32 Å². The first kappa shape index (κ1) is 21.4. The molecule has 25 heavy (non-hydrogen) atoms. The third-order valence-electron chi connectivity index (χ3n) is 3.15. The van der Waals surface area contributed by atoms with E-state index in [0.29, 0.717) is 6.42 Å². The molecule has 0 saturated carbocycles. The number of rotatable bonds is 7. The number of alkyl halides is 3. The van der Waals surface area contributed by atoms with E-state index in [4.69, 9.17) is 23.2 Å². The largest absolute Gasteiger partial charge is 0.481 e. The van der Waals surface area contributed by atoms with Crippen molar-refractivity contribution in [1.29, 1.82) is 0 Å². The Hall–Kier alpha value is -1.67. The number of hydrogen-bond donors (Lipinski definition) is 2. The van der Waals surface area contributed by atoms with Crippen LogP contribution in [0.15, 0.2) is 12.1 Å². The van der Waals surface area contributed by atoms with Crippen LogP contribution in [0, 0.1) is 5.92 Å². The van der Waals surface area contributed by atoms with Crippen LogP contribution in [0.3, 0.4) is 0 Å². The van der Waals surface area contributed by atoms with Gasteiger partial charge in [-0.25, -0.2) is 0 Å². The zero-order valence-corrected chi connectivity index (χ0v) is 15.0. The molecule has 1 aromatic carbocycles. The quantitative estimate of drug-likeness (QED) is 0.725. The molecule has 0 radical (unpaired) electrons. The molecule has 1 atom stereocenters. The van der Waals surface area contributed by atoms with E-state index in [1.807, 2.05) is 6.92 Å². The van der Waals surface area contributed by atoms with Gasteiger partial charge in [-0.1, -0.05) is 37.0 Å². The van der Waals surface area contributed by atoms with Crippen LogP contribution in [0.1, 0.15) is 20.3 Å². The molecule has 0 spiro atoms. The Kier molecular flexibility index (Phi) is 7.82. The lowest BCUT2D eigenvalue weighted by Gasteiger charge is -2.14. The minimum atomic E-state index is -4.53. The number of halogens is 5. The van der Waals surface area contributed by atoms with Gasteiger partial charge in [0.1, 0.15) is 0 Å². The number of carbonyl (C=O) groups is 2. The standard InChI is InChI=1S/C15H17Cl2F3N2O3/c1-3-8(2)14(24)21-6-12(23)22-9-4-10(16)13(11(17)5-9)25-7-15(18,19)20/h4-5,8H,3,6-7H2,1-2H3,(H,21,24)(H,22,23)/t8-/m0/s1. The van der Waals surface area contributed by atoms with Crippen molar-refractivity contribution >= 4 is 40.7 Å². The van der Waals surface area contributed by atoms with Crippen molar-refractivity contribution in [2.75, 3.05) is 18.5 Å². The van der Waals surface area contributed by atoms with E-state index < -0.39 is 18.7 Å². The second-order valence-corrected chi connectivity index (χ2v) is 6.06. The normalized spacial score (nSPS) is 12.4. The molecule has 1 aromatic rings. The highest BCUT2D eigenvalue weighted by atomic mass is 35.5. The second-order valence-electron chi connectivity index (χ2n) is 5.25. The lowest BCUT2D eigenvalue weighted by molar-refractivity contribution is -0.153. The molecule has 5 nitrogen and oxygen atoms in total. The van der Waals surface area contributed by atoms with Crippen molar-refractivity contribution < 1.29 is 27.5 Å². The molecule has 0 bridgehead atoms. The SMILES string of the molecule is CC[C@H](C)C(=O)NCC(=O)Nc1cc(Cl)c(OCC(F)(F)F)c(Cl)c1. The van der Waals surface area contributed by atoms with Gasteiger partial charge in [-0.3, -0.25) is 9.59 Å². The van der Waals surface area contributed by atoms with Crippen LogP contribution in [0.5, 0.6) is 5.75 Å². The first-order chi connectivity index (χ1) is 11.5. The molecule has 2 amide bonds. The second kappa shape index (κ2) is 9.15. The summed E-state index contributed by atoms with van der Waals surface area (Å²) in [4.78, 5) is 23.4. The summed E-state index contributed by atoms with van der Waals surface area (Å²) in [7, 11) is 0. The summed E-state index contributed by atoms with van der Waals surface area (Å²) in [6.45, 7) is 1.77. The highest BCUT2D eigenvalue weighted by Gasteiger charge is 2.29. The highest BCUT2D eigenvalue weighted by Crippen LogP contribution is 2.36. The predicted molar refractivity (Wildman–Crippen MR) is 89.1 cm³/mol. The van der Waals surface area contributed by atoms with Crippen LogP contribution in [-0.4, -0.2) is 31.1 Å². The number of ether oxygens (including phenoxy) is 1. The van der Waals surface area contributed by atoms with E-state index in [1.165, 1.54) is 12.1 Å². The van der Waals surface area contributed by atoms with Gasteiger partial charge in [0.15, 0.2) is 12.4 Å². The van der Waals surface area contributed by atoms with E-state index in [-0.39, 0.29) is 39.9 Å². The third kappa shape index (κ3) is 7.39. The zero-order chi connectivity index (χ0) is 19.2. The number of amides is 2. The number of carbonyl (C=O) groups excluding carboxylic acids is 2. The van der Waals surface area contributed by atoms with Gasteiger partial charge in [-0.15, -0.1) is 0 Å². The van der Waals surface area contributed by atoms with Gasteiger partial charge in [-0.2, -0.15) is 13.2 Å². The fourth-order valence-electron chi connectivity index (χ4n) is 1.66. The zero-order valence-electron chi connectivity index (χ0n) is 13.5. The van der Waals surface area contributed by atoms with Crippen molar-refractivity contribution in [2.45, 2.75) is 26.4 Å². The molecule has 0 aliphatic heterocycles. The smallest absolute Gasteiger partial charge is 0.422 e. The van der Waals surface area contributed by atoms with E-state index in [2.05, 4.69) is 15.4 Å². The third-order valence-corrected chi connectivity index (χ3v) is 3.71. The maximum Gasteiger partial charge on any atom is 0.422 e. The first-order valence-electron chi connectivity index (χ1n) is 7.29. The Morgan fingerprint density at radius 1 is 1.24 bits per heavy atom. The van der Waals surface area contributed by atoms with Gasteiger partial charge in [0.05, 0.1) is 16.6 Å². The van der Waals surface area contributed by atoms with Crippen LogP contribution in [0.2, 0.25) is 10.0 Å². The number of hydrogen-bond acceptors (Lipinski definition) is 3. The van der Waals surface area contributed by atoms with Gasteiger partial charge in [0.2, 0.25) is 11.8 Å². The molecule has 0 fully saturated rings. The van der Waals surface area contributed by atoms with Crippen molar-refractivity contribution in [2.24, 2.45) is 5.92 Å². The van der Waals surface area contributed by atoms with E-state index in [1.54, 1.807) is 6.92 Å². The summed E-state index contributed by atoms with van der Waals surface area (Å²) in [5.41, 5.74) is 0.164. The lowest BCUT2D eigenvalue weighted by atomic mass is 10.1. The van der Waals surface area contributed by atoms with Gasteiger partial charge in [0, 0.05) is 11.6 Å². The summed E-state index contributed by atoms with van der Waals surface area (Å²) in [5, 5.41) is 4.53. The van der Waals surface area contributed by atoms with Crippen LogP contribution >= 0.6 is 23.2 Å². The minimum Gasteiger partial charge on any atom is -0.481 e. The van der Waals surface area contributed by atoms with Gasteiger partial charge in [-0.05, 0) is 18.6 Å². The Morgan fingerprint density at radius 3 is 2.28 bits per heavy atom.